The molecule has 8 heteroatoms. The molecule has 120 valence electrons. The van der Waals surface area contributed by atoms with Gasteiger partial charge in [-0.2, -0.15) is 0 Å². The Labute approximate surface area is 134 Å². The highest BCUT2D eigenvalue weighted by Crippen LogP contribution is 2.42. The molecule has 1 aromatic rings. The highest BCUT2D eigenvalue weighted by molar-refractivity contribution is 7.89. The van der Waals surface area contributed by atoms with Crippen molar-refractivity contribution in [2.75, 3.05) is 4.90 Å². The minimum Gasteiger partial charge on any atom is -0.274 e. The van der Waals surface area contributed by atoms with E-state index in [9.17, 15) is 18.0 Å². The molecular formula is C14H17ClN2O4S. The van der Waals surface area contributed by atoms with Gasteiger partial charge in [-0.05, 0) is 31.0 Å². The molecule has 22 heavy (non-hydrogen) atoms. The number of imide groups is 1. The van der Waals surface area contributed by atoms with Crippen molar-refractivity contribution in [2.45, 2.75) is 38.5 Å². The molecule has 2 rings (SSSR count). The number of primary sulfonamides is 1. The van der Waals surface area contributed by atoms with Crippen molar-refractivity contribution < 1.29 is 18.0 Å². The molecule has 1 unspecified atom stereocenters. The molecule has 2 amide bonds. The fourth-order valence-electron chi connectivity index (χ4n) is 2.53. The Kier molecular flexibility index (Phi) is 4.10. The van der Waals surface area contributed by atoms with Gasteiger partial charge in [0, 0.05) is 6.42 Å². The first kappa shape index (κ1) is 16.9. The fraction of sp³-hybridized carbons (Fsp3) is 0.429. The molecule has 1 aliphatic heterocycles. The normalized spacial score (nSPS) is 22.5. The zero-order valence-electron chi connectivity index (χ0n) is 12.5. The number of aryl methyl sites for hydroxylation is 1. The summed E-state index contributed by atoms with van der Waals surface area (Å²) in [4.78, 5) is 25.7. The maximum Gasteiger partial charge on any atom is 0.240 e. The number of carbonyl (C=O) groups excluding carboxylic acids is 2. The van der Waals surface area contributed by atoms with Crippen LogP contribution in [0.25, 0.3) is 0 Å². The zero-order chi connectivity index (χ0) is 16.9. The van der Waals surface area contributed by atoms with E-state index in [2.05, 4.69) is 0 Å². The third kappa shape index (κ3) is 2.64. The second-order valence-electron chi connectivity index (χ2n) is 5.74. The first-order valence-electron chi connectivity index (χ1n) is 6.71. The lowest BCUT2D eigenvalue weighted by Gasteiger charge is -2.22. The molecule has 1 atom stereocenters. The van der Waals surface area contributed by atoms with E-state index in [-0.39, 0.29) is 33.8 Å². The molecule has 1 aliphatic rings. The third-order valence-corrected chi connectivity index (χ3v) is 5.25. The van der Waals surface area contributed by atoms with Crippen molar-refractivity contribution >= 4 is 39.1 Å². The Bertz CT molecular complexity index is 752. The van der Waals surface area contributed by atoms with E-state index in [0.29, 0.717) is 12.0 Å². The number of nitrogens with two attached hydrogens (primary N) is 1. The molecule has 1 aromatic carbocycles. The molecule has 1 fully saturated rings. The molecule has 2 N–H and O–H groups in total. The molecule has 6 nitrogen and oxygen atoms in total. The van der Waals surface area contributed by atoms with Crippen molar-refractivity contribution in [2.24, 2.45) is 10.6 Å². The molecule has 0 bridgehead atoms. The predicted molar refractivity (Wildman–Crippen MR) is 83.1 cm³/mol. The first-order chi connectivity index (χ1) is 10.0. The number of rotatable bonds is 3. The summed E-state index contributed by atoms with van der Waals surface area (Å²) in [6.07, 6.45) is 0.634. The van der Waals surface area contributed by atoms with Gasteiger partial charge in [-0.1, -0.05) is 25.4 Å². The SMILES string of the molecule is CCC1(C)CC(=O)N(c2c(C)cc(S(N)(=O)=O)cc2Cl)C1=O. The van der Waals surface area contributed by atoms with Crippen molar-refractivity contribution in [3.63, 3.8) is 0 Å². The number of halogens is 1. The monoisotopic (exact) mass is 344 g/mol. The van der Waals surface area contributed by atoms with Gasteiger partial charge in [-0.15, -0.1) is 0 Å². The predicted octanol–water partition coefficient (Wildman–Crippen LogP) is 1.98. The van der Waals surface area contributed by atoms with Crippen molar-refractivity contribution in [3.8, 4) is 0 Å². The molecule has 0 aromatic heterocycles. The fourth-order valence-corrected chi connectivity index (χ4v) is 3.57. The Morgan fingerprint density at radius 2 is 1.95 bits per heavy atom. The summed E-state index contributed by atoms with van der Waals surface area (Å²) in [5, 5.41) is 5.09. The smallest absolute Gasteiger partial charge is 0.240 e. The number of hydrogen-bond acceptors (Lipinski definition) is 4. The van der Waals surface area contributed by atoms with Gasteiger partial charge in [-0.25, -0.2) is 18.5 Å². The van der Waals surface area contributed by atoms with Gasteiger partial charge in [0.15, 0.2) is 0 Å². The molecule has 0 radical (unpaired) electrons. The Morgan fingerprint density at radius 1 is 1.36 bits per heavy atom. The number of benzene rings is 1. The van der Waals surface area contributed by atoms with Crippen LogP contribution in [0.4, 0.5) is 5.69 Å². The average Bonchev–Trinajstić information content (AvgIpc) is 2.61. The standard InChI is InChI=1S/C14H17ClN2O4S/c1-4-14(3)7-11(18)17(13(14)19)12-8(2)5-9(6-10(12)15)22(16,20)21/h5-6H,4,7H2,1-3H3,(H2,16,20,21). The lowest BCUT2D eigenvalue weighted by atomic mass is 9.86. The van der Waals surface area contributed by atoms with Crippen LogP contribution < -0.4 is 10.0 Å². The van der Waals surface area contributed by atoms with E-state index in [1.54, 1.807) is 13.8 Å². The minimum atomic E-state index is -3.92. The summed E-state index contributed by atoms with van der Waals surface area (Å²) < 4.78 is 22.8. The zero-order valence-corrected chi connectivity index (χ0v) is 14.1. The van der Waals surface area contributed by atoms with Gasteiger partial charge in [0.25, 0.3) is 0 Å². The van der Waals surface area contributed by atoms with Gasteiger partial charge < -0.3 is 0 Å². The summed E-state index contributed by atoms with van der Waals surface area (Å²) in [5.41, 5.74) is -0.134. The lowest BCUT2D eigenvalue weighted by Crippen LogP contribution is -2.34. The molecule has 0 aliphatic carbocycles. The van der Waals surface area contributed by atoms with Crippen LogP contribution in [0.3, 0.4) is 0 Å². The Hall–Kier alpha value is -1.44. The largest absolute Gasteiger partial charge is 0.274 e. The van der Waals surface area contributed by atoms with Crippen molar-refractivity contribution in [3.05, 3.63) is 22.7 Å². The lowest BCUT2D eigenvalue weighted by molar-refractivity contribution is -0.125. The van der Waals surface area contributed by atoms with E-state index in [4.69, 9.17) is 16.7 Å². The van der Waals surface area contributed by atoms with Crippen LogP contribution >= 0.6 is 11.6 Å². The van der Waals surface area contributed by atoms with Crippen LogP contribution in [-0.4, -0.2) is 20.2 Å². The molecule has 0 saturated carbocycles. The number of anilines is 1. The molecule has 0 spiro atoms. The van der Waals surface area contributed by atoms with Gasteiger partial charge in [-0.3, -0.25) is 9.59 Å². The van der Waals surface area contributed by atoms with Crippen LogP contribution in [0.15, 0.2) is 17.0 Å². The number of hydrogen-bond donors (Lipinski definition) is 1. The van der Waals surface area contributed by atoms with Crippen LogP contribution in [0.2, 0.25) is 5.02 Å². The Morgan fingerprint density at radius 3 is 2.36 bits per heavy atom. The van der Waals surface area contributed by atoms with E-state index >= 15 is 0 Å². The highest BCUT2D eigenvalue weighted by Gasteiger charge is 2.48. The maximum atomic E-state index is 12.6. The summed E-state index contributed by atoms with van der Waals surface area (Å²) in [5.74, 6) is -0.670. The van der Waals surface area contributed by atoms with Crippen LogP contribution in [0.5, 0.6) is 0 Å². The number of carbonyl (C=O) groups is 2. The van der Waals surface area contributed by atoms with Crippen LogP contribution in [0.1, 0.15) is 32.3 Å². The first-order valence-corrected chi connectivity index (χ1v) is 8.64. The summed E-state index contributed by atoms with van der Waals surface area (Å²) in [7, 11) is -3.92. The van der Waals surface area contributed by atoms with Gasteiger partial charge in [0.05, 0.1) is 21.0 Å². The Balaban J connectivity index is 2.60. The second kappa shape index (κ2) is 5.33. The van der Waals surface area contributed by atoms with Crippen LogP contribution in [-0.2, 0) is 19.6 Å². The number of sulfonamides is 1. The number of amides is 2. The van der Waals surface area contributed by atoms with E-state index < -0.39 is 15.4 Å². The van der Waals surface area contributed by atoms with Gasteiger partial charge in [0.2, 0.25) is 21.8 Å². The quantitative estimate of drug-likeness (QED) is 0.847. The maximum absolute atomic E-state index is 12.6. The van der Waals surface area contributed by atoms with E-state index in [1.807, 2.05) is 6.92 Å². The van der Waals surface area contributed by atoms with Crippen LogP contribution in [0, 0.1) is 12.3 Å². The van der Waals surface area contributed by atoms with Gasteiger partial charge >= 0.3 is 0 Å². The average molecular weight is 345 g/mol. The molecule has 1 saturated heterocycles. The second-order valence-corrected chi connectivity index (χ2v) is 7.71. The van der Waals surface area contributed by atoms with E-state index in [0.717, 1.165) is 11.0 Å². The minimum absolute atomic E-state index is 0.00563. The summed E-state index contributed by atoms with van der Waals surface area (Å²) in [6, 6.07) is 2.46. The van der Waals surface area contributed by atoms with Crippen molar-refractivity contribution in [1.29, 1.82) is 0 Å². The highest BCUT2D eigenvalue weighted by atomic mass is 35.5. The van der Waals surface area contributed by atoms with Crippen molar-refractivity contribution in [1.82, 2.24) is 0 Å². The van der Waals surface area contributed by atoms with E-state index in [1.165, 1.54) is 6.07 Å². The number of nitrogens with zero attached hydrogens (tertiary/aromatic N) is 1. The van der Waals surface area contributed by atoms with Gasteiger partial charge in [0.1, 0.15) is 0 Å². The summed E-state index contributed by atoms with van der Waals surface area (Å²) in [6.45, 7) is 5.15. The third-order valence-electron chi connectivity index (χ3n) is 4.07. The summed E-state index contributed by atoms with van der Waals surface area (Å²) >= 11 is 6.12. The molecular weight excluding hydrogens is 328 g/mol. The topological polar surface area (TPSA) is 97.5 Å². The molecule has 1 heterocycles.